The van der Waals surface area contributed by atoms with Crippen LogP contribution in [0.1, 0.15) is 16.1 Å². The van der Waals surface area contributed by atoms with Crippen LogP contribution in [-0.2, 0) is 9.53 Å². The Morgan fingerprint density at radius 2 is 2.04 bits per heavy atom. The summed E-state index contributed by atoms with van der Waals surface area (Å²) in [5.74, 6) is -0.961. The third-order valence-electron chi connectivity index (χ3n) is 3.43. The van der Waals surface area contributed by atoms with Gasteiger partial charge in [0.25, 0.3) is 5.91 Å². The number of aromatic nitrogens is 1. The lowest BCUT2D eigenvalue weighted by molar-refractivity contribution is -0.119. The van der Waals surface area contributed by atoms with Crippen LogP contribution in [0.15, 0.2) is 40.9 Å². The zero-order valence-corrected chi connectivity index (χ0v) is 14.5. The van der Waals surface area contributed by atoms with Crippen LogP contribution in [0.5, 0.6) is 0 Å². The largest absolute Gasteiger partial charge is 0.450 e. The monoisotopic (exact) mass is 378 g/mol. The first-order valence-electron chi connectivity index (χ1n) is 7.22. The van der Waals surface area contributed by atoms with Crippen molar-refractivity contribution < 1.29 is 18.7 Å². The van der Waals surface area contributed by atoms with Gasteiger partial charge < -0.3 is 14.5 Å². The van der Waals surface area contributed by atoms with Crippen molar-refractivity contribution >= 4 is 51.9 Å². The van der Waals surface area contributed by atoms with Gasteiger partial charge in [0.05, 0.1) is 10.0 Å². The highest BCUT2D eigenvalue weighted by Crippen LogP contribution is 2.30. The molecule has 25 heavy (non-hydrogen) atoms. The summed E-state index contributed by atoms with van der Waals surface area (Å²) in [4.78, 5) is 27.9. The number of benzene rings is 1. The fourth-order valence-electron chi connectivity index (χ4n) is 2.23. The van der Waals surface area contributed by atoms with E-state index in [0.29, 0.717) is 32.4 Å². The maximum atomic E-state index is 12.2. The number of amides is 1. The second-order valence-electron chi connectivity index (χ2n) is 5.16. The summed E-state index contributed by atoms with van der Waals surface area (Å²) in [5.41, 5.74) is 1.01. The van der Waals surface area contributed by atoms with Gasteiger partial charge in [0.1, 0.15) is 5.82 Å². The number of aryl methyl sites for hydroxylation is 1. The van der Waals surface area contributed by atoms with Crippen molar-refractivity contribution in [1.82, 2.24) is 4.98 Å². The summed E-state index contributed by atoms with van der Waals surface area (Å²) >= 11 is 11.8. The van der Waals surface area contributed by atoms with E-state index in [2.05, 4.69) is 10.3 Å². The van der Waals surface area contributed by atoms with E-state index in [0.717, 1.165) is 0 Å². The minimum atomic E-state index is -0.746. The lowest BCUT2D eigenvalue weighted by atomic mass is 10.1. The number of para-hydroxylation sites is 1. The van der Waals surface area contributed by atoms with Gasteiger partial charge in [0.15, 0.2) is 12.2 Å². The number of halogens is 2. The molecular weight excluding hydrogens is 367 g/mol. The van der Waals surface area contributed by atoms with Gasteiger partial charge in [-0.1, -0.05) is 35.3 Å². The van der Waals surface area contributed by atoms with Gasteiger partial charge in [-0.15, -0.1) is 0 Å². The van der Waals surface area contributed by atoms with Crippen LogP contribution in [-0.4, -0.2) is 23.5 Å². The number of esters is 1. The molecule has 0 unspecified atom stereocenters. The molecule has 3 aromatic rings. The first-order valence-corrected chi connectivity index (χ1v) is 7.97. The van der Waals surface area contributed by atoms with Crippen molar-refractivity contribution in [3.63, 3.8) is 0 Å². The van der Waals surface area contributed by atoms with Crippen molar-refractivity contribution in [1.29, 1.82) is 0 Å². The molecule has 8 heteroatoms. The fourth-order valence-corrected chi connectivity index (χ4v) is 2.55. The molecule has 1 amide bonds. The molecule has 6 nitrogen and oxygen atoms in total. The zero-order chi connectivity index (χ0) is 18.0. The van der Waals surface area contributed by atoms with Crippen molar-refractivity contribution in [3.8, 4) is 0 Å². The summed E-state index contributed by atoms with van der Waals surface area (Å²) in [5, 5.41) is 4.05. The highest BCUT2D eigenvalue weighted by molar-refractivity contribution is 6.35. The predicted octanol–water partition coefficient (Wildman–Crippen LogP) is 4.24. The van der Waals surface area contributed by atoms with Crippen LogP contribution in [0.2, 0.25) is 10.0 Å². The Morgan fingerprint density at radius 3 is 2.72 bits per heavy atom. The summed E-state index contributed by atoms with van der Waals surface area (Å²) in [6.45, 7) is 1.24. The molecule has 0 atom stereocenters. The maximum absolute atomic E-state index is 12.2. The molecule has 0 saturated heterocycles. The van der Waals surface area contributed by atoms with E-state index in [4.69, 9.17) is 32.4 Å². The molecule has 0 aliphatic heterocycles. The molecule has 1 aromatic carbocycles. The average molecular weight is 379 g/mol. The molecule has 0 fully saturated rings. The first kappa shape index (κ1) is 17.3. The zero-order valence-electron chi connectivity index (χ0n) is 13.0. The molecule has 3 rings (SSSR count). The van der Waals surface area contributed by atoms with Gasteiger partial charge in [0.2, 0.25) is 5.76 Å². The molecule has 2 aromatic heterocycles. The van der Waals surface area contributed by atoms with Gasteiger partial charge in [-0.2, -0.15) is 0 Å². The third-order valence-corrected chi connectivity index (χ3v) is 3.95. The Morgan fingerprint density at radius 1 is 1.24 bits per heavy atom. The van der Waals surface area contributed by atoms with Gasteiger partial charge in [0, 0.05) is 17.1 Å². The summed E-state index contributed by atoms with van der Waals surface area (Å²) in [6, 6.07) is 8.32. The number of anilines is 1. The number of carbonyl (C=O) groups is 2. The number of fused-ring (bicyclic) bond motifs is 1. The minimum Gasteiger partial charge on any atom is -0.450 e. The number of rotatable bonds is 4. The summed E-state index contributed by atoms with van der Waals surface area (Å²) in [7, 11) is 0. The number of hydrogen-bond donors (Lipinski definition) is 1. The highest BCUT2D eigenvalue weighted by Gasteiger charge is 2.21. The van der Waals surface area contributed by atoms with Crippen LogP contribution in [0, 0.1) is 6.92 Å². The Kier molecular flexibility index (Phi) is 4.92. The third kappa shape index (κ3) is 3.75. The number of pyridine rings is 1. The number of nitrogens with zero attached hydrogens (tertiary/aromatic N) is 1. The van der Waals surface area contributed by atoms with Crippen LogP contribution < -0.4 is 5.32 Å². The molecule has 2 heterocycles. The topological polar surface area (TPSA) is 81.4 Å². The highest BCUT2D eigenvalue weighted by atomic mass is 35.5. The van der Waals surface area contributed by atoms with Crippen molar-refractivity contribution in [2.45, 2.75) is 6.92 Å². The van der Waals surface area contributed by atoms with Gasteiger partial charge >= 0.3 is 5.97 Å². The van der Waals surface area contributed by atoms with Gasteiger partial charge in [-0.05, 0) is 25.1 Å². The van der Waals surface area contributed by atoms with E-state index in [1.807, 2.05) is 0 Å². The lowest BCUT2D eigenvalue weighted by Gasteiger charge is -2.05. The molecule has 0 aliphatic rings. The SMILES string of the molecule is Cc1c(C(=O)OCC(=O)Nc2ccc(Cl)cn2)oc2c(Cl)cccc12. The molecule has 0 aliphatic carbocycles. The molecule has 0 spiro atoms. The molecule has 0 bridgehead atoms. The van der Waals surface area contributed by atoms with E-state index in [1.54, 1.807) is 31.2 Å². The number of carbonyl (C=O) groups excluding carboxylic acids is 2. The lowest BCUT2D eigenvalue weighted by Crippen LogP contribution is -2.21. The second kappa shape index (κ2) is 7.13. The van der Waals surface area contributed by atoms with E-state index in [9.17, 15) is 9.59 Å². The maximum Gasteiger partial charge on any atom is 0.375 e. The number of nitrogens with one attached hydrogen (secondary N) is 1. The minimum absolute atomic E-state index is 0.0144. The van der Waals surface area contributed by atoms with E-state index in [1.165, 1.54) is 12.3 Å². The van der Waals surface area contributed by atoms with Crippen LogP contribution in [0.3, 0.4) is 0 Å². The van der Waals surface area contributed by atoms with E-state index < -0.39 is 18.5 Å². The predicted molar refractivity (Wildman–Crippen MR) is 94.1 cm³/mol. The quantitative estimate of drug-likeness (QED) is 0.686. The molecule has 1 N–H and O–H groups in total. The standard InChI is InChI=1S/C17H12Cl2N2O4/c1-9-11-3-2-4-12(19)16(11)25-15(9)17(23)24-8-14(22)21-13-6-5-10(18)7-20-13/h2-7H,8H2,1H3,(H,20,21,22). The number of ether oxygens (including phenoxy) is 1. The fraction of sp³-hybridized carbons (Fsp3) is 0.118. The van der Waals surface area contributed by atoms with Gasteiger partial charge in [-0.3, -0.25) is 4.79 Å². The number of hydrogen-bond acceptors (Lipinski definition) is 5. The van der Waals surface area contributed by atoms with E-state index >= 15 is 0 Å². The van der Waals surface area contributed by atoms with Crippen LogP contribution in [0.4, 0.5) is 5.82 Å². The Labute approximate surface area is 152 Å². The first-order chi connectivity index (χ1) is 12.0. The number of furan rings is 1. The Hall–Kier alpha value is -2.57. The summed E-state index contributed by atoms with van der Waals surface area (Å²) in [6.07, 6.45) is 1.39. The smallest absolute Gasteiger partial charge is 0.375 e. The van der Waals surface area contributed by atoms with E-state index in [-0.39, 0.29) is 5.76 Å². The Bertz CT molecular complexity index is 951. The van der Waals surface area contributed by atoms with Crippen LogP contribution >= 0.6 is 23.2 Å². The molecule has 0 radical (unpaired) electrons. The van der Waals surface area contributed by atoms with Gasteiger partial charge in [-0.25, -0.2) is 9.78 Å². The Balaban J connectivity index is 1.66. The normalized spacial score (nSPS) is 10.7. The van der Waals surface area contributed by atoms with Crippen molar-refractivity contribution in [3.05, 3.63) is 57.9 Å². The molecule has 128 valence electrons. The summed E-state index contributed by atoms with van der Waals surface area (Å²) < 4.78 is 10.5. The average Bonchev–Trinajstić information content (AvgIpc) is 2.93. The van der Waals surface area contributed by atoms with Crippen LogP contribution in [0.25, 0.3) is 11.0 Å². The molecular formula is C17H12Cl2N2O4. The molecule has 0 saturated carbocycles. The van der Waals surface area contributed by atoms with Crippen molar-refractivity contribution in [2.75, 3.05) is 11.9 Å². The second-order valence-corrected chi connectivity index (χ2v) is 6.00. The van der Waals surface area contributed by atoms with Crippen molar-refractivity contribution in [2.24, 2.45) is 0 Å².